The summed E-state index contributed by atoms with van der Waals surface area (Å²) in [6.45, 7) is 10.2. The predicted octanol–water partition coefficient (Wildman–Crippen LogP) is 2.48. The third-order valence-corrected chi connectivity index (χ3v) is 2.71. The maximum Gasteiger partial charge on any atom is 0.237 e. The molecule has 0 aromatic carbocycles. The Morgan fingerprint density at radius 1 is 1.47 bits per heavy atom. The molecule has 0 fully saturated rings. The lowest BCUT2D eigenvalue weighted by Crippen LogP contribution is -2.43. The molecule has 0 radical (unpaired) electrons. The Morgan fingerprint density at radius 3 is 2.33 bits per heavy atom. The lowest BCUT2D eigenvalue weighted by molar-refractivity contribution is -0.124. The molecule has 0 saturated heterocycles. The first kappa shape index (κ1) is 14.0. The van der Waals surface area contributed by atoms with Crippen LogP contribution in [0.1, 0.15) is 47.5 Å². The van der Waals surface area contributed by atoms with Gasteiger partial charge in [-0.3, -0.25) is 4.79 Å². The van der Waals surface area contributed by atoms with Crippen LogP contribution in [0.25, 0.3) is 0 Å². The SMILES string of the molecule is CCCC(C#N)C(=O)NC(C)C(C)(C)C. The predicted molar refractivity (Wildman–Crippen MR) is 61.1 cm³/mol. The summed E-state index contributed by atoms with van der Waals surface area (Å²) in [6, 6.07) is 2.13. The summed E-state index contributed by atoms with van der Waals surface area (Å²) in [4.78, 5) is 11.7. The molecule has 15 heavy (non-hydrogen) atoms. The van der Waals surface area contributed by atoms with Crippen LogP contribution >= 0.6 is 0 Å². The van der Waals surface area contributed by atoms with Crippen molar-refractivity contribution in [3.05, 3.63) is 0 Å². The molecule has 86 valence electrons. The minimum absolute atomic E-state index is 0.0296. The van der Waals surface area contributed by atoms with E-state index in [1.165, 1.54) is 0 Å². The van der Waals surface area contributed by atoms with Crippen LogP contribution in [-0.2, 0) is 4.79 Å². The van der Waals surface area contributed by atoms with Crippen LogP contribution in [0, 0.1) is 22.7 Å². The molecule has 0 heterocycles. The van der Waals surface area contributed by atoms with Gasteiger partial charge in [-0.25, -0.2) is 0 Å². The van der Waals surface area contributed by atoms with Gasteiger partial charge in [-0.1, -0.05) is 34.1 Å². The standard InChI is InChI=1S/C12H22N2O/c1-6-7-10(8-13)11(15)14-9(2)12(3,4)5/h9-10H,6-7H2,1-5H3,(H,14,15). The molecule has 0 aliphatic rings. The average Bonchev–Trinajstić information content (AvgIpc) is 2.12. The molecule has 1 amide bonds. The van der Waals surface area contributed by atoms with E-state index in [-0.39, 0.29) is 17.4 Å². The third kappa shape index (κ3) is 4.83. The highest BCUT2D eigenvalue weighted by molar-refractivity contribution is 5.81. The molecule has 0 rings (SSSR count). The van der Waals surface area contributed by atoms with E-state index in [2.05, 4.69) is 26.1 Å². The van der Waals surface area contributed by atoms with Crippen molar-refractivity contribution >= 4 is 5.91 Å². The highest BCUT2D eigenvalue weighted by Gasteiger charge is 2.25. The van der Waals surface area contributed by atoms with Crippen molar-refractivity contribution in [1.29, 1.82) is 5.26 Å². The Kier molecular flexibility index (Phi) is 5.35. The number of amides is 1. The Hall–Kier alpha value is -1.04. The second-order valence-electron chi connectivity index (χ2n) is 5.07. The molecule has 0 aromatic rings. The molecule has 0 saturated carbocycles. The number of nitriles is 1. The number of hydrogen-bond donors (Lipinski definition) is 1. The summed E-state index contributed by atoms with van der Waals surface area (Å²) in [6.07, 6.45) is 1.49. The van der Waals surface area contributed by atoms with Crippen molar-refractivity contribution in [2.45, 2.75) is 53.5 Å². The Labute approximate surface area is 92.9 Å². The molecule has 0 aliphatic carbocycles. The van der Waals surface area contributed by atoms with E-state index in [9.17, 15) is 4.79 Å². The smallest absolute Gasteiger partial charge is 0.237 e. The topological polar surface area (TPSA) is 52.9 Å². The lowest BCUT2D eigenvalue weighted by Gasteiger charge is -2.28. The molecule has 3 heteroatoms. The van der Waals surface area contributed by atoms with Gasteiger partial charge in [0.25, 0.3) is 0 Å². The first-order valence-electron chi connectivity index (χ1n) is 5.53. The molecule has 2 atom stereocenters. The zero-order chi connectivity index (χ0) is 12.1. The molecule has 0 spiro atoms. The largest absolute Gasteiger partial charge is 0.352 e. The minimum atomic E-state index is -0.500. The number of nitrogens with zero attached hydrogens (tertiary/aromatic N) is 1. The molecular formula is C12H22N2O. The molecule has 3 nitrogen and oxygen atoms in total. The summed E-state index contributed by atoms with van der Waals surface area (Å²) in [5, 5.41) is 11.7. The van der Waals surface area contributed by atoms with Crippen LogP contribution in [0.15, 0.2) is 0 Å². The molecule has 1 N–H and O–H groups in total. The van der Waals surface area contributed by atoms with Gasteiger partial charge < -0.3 is 5.32 Å². The zero-order valence-corrected chi connectivity index (χ0v) is 10.4. The normalized spacial score (nSPS) is 15.2. The number of hydrogen-bond acceptors (Lipinski definition) is 2. The van der Waals surface area contributed by atoms with Crippen LogP contribution in [0.3, 0.4) is 0 Å². The fourth-order valence-corrected chi connectivity index (χ4v) is 1.07. The van der Waals surface area contributed by atoms with Crippen LogP contribution in [0.5, 0.6) is 0 Å². The van der Waals surface area contributed by atoms with E-state index < -0.39 is 5.92 Å². The monoisotopic (exact) mass is 210 g/mol. The van der Waals surface area contributed by atoms with Gasteiger partial charge in [-0.05, 0) is 18.8 Å². The van der Waals surface area contributed by atoms with Gasteiger partial charge in [-0.15, -0.1) is 0 Å². The quantitative estimate of drug-likeness (QED) is 0.775. The first-order valence-corrected chi connectivity index (χ1v) is 5.53. The van der Waals surface area contributed by atoms with E-state index in [0.29, 0.717) is 6.42 Å². The van der Waals surface area contributed by atoms with Gasteiger partial charge in [0, 0.05) is 6.04 Å². The fraction of sp³-hybridized carbons (Fsp3) is 0.833. The minimum Gasteiger partial charge on any atom is -0.352 e. The van der Waals surface area contributed by atoms with Gasteiger partial charge in [-0.2, -0.15) is 5.26 Å². The van der Waals surface area contributed by atoms with E-state index >= 15 is 0 Å². The summed E-state index contributed by atoms with van der Waals surface area (Å²) in [7, 11) is 0. The van der Waals surface area contributed by atoms with Crippen LogP contribution in [0.2, 0.25) is 0 Å². The summed E-state index contributed by atoms with van der Waals surface area (Å²) >= 11 is 0. The van der Waals surface area contributed by atoms with Crippen LogP contribution in [0.4, 0.5) is 0 Å². The Balaban J connectivity index is 4.30. The van der Waals surface area contributed by atoms with Crippen molar-refractivity contribution in [3.8, 4) is 6.07 Å². The first-order chi connectivity index (χ1) is 6.82. The molecule has 0 aromatic heterocycles. The van der Waals surface area contributed by atoms with Crippen molar-refractivity contribution in [1.82, 2.24) is 5.32 Å². The Bertz CT molecular complexity index is 247. The summed E-state index contributed by atoms with van der Waals surface area (Å²) in [5.41, 5.74) is 0.0296. The van der Waals surface area contributed by atoms with Gasteiger partial charge in [0.1, 0.15) is 5.92 Å². The van der Waals surface area contributed by atoms with E-state index in [1.807, 2.05) is 19.9 Å². The second kappa shape index (κ2) is 5.75. The summed E-state index contributed by atoms with van der Waals surface area (Å²) in [5.74, 6) is -0.637. The maximum atomic E-state index is 11.7. The fourth-order valence-electron chi connectivity index (χ4n) is 1.07. The Morgan fingerprint density at radius 2 is 2.00 bits per heavy atom. The number of nitrogens with one attached hydrogen (secondary N) is 1. The van der Waals surface area contributed by atoms with Gasteiger partial charge in [0.2, 0.25) is 5.91 Å². The highest BCUT2D eigenvalue weighted by atomic mass is 16.1. The van der Waals surface area contributed by atoms with E-state index in [0.717, 1.165) is 6.42 Å². The average molecular weight is 210 g/mol. The third-order valence-electron chi connectivity index (χ3n) is 2.71. The van der Waals surface area contributed by atoms with Gasteiger partial charge in [0.15, 0.2) is 0 Å². The van der Waals surface area contributed by atoms with Crippen molar-refractivity contribution in [2.75, 3.05) is 0 Å². The molecule has 2 unspecified atom stereocenters. The van der Waals surface area contributed by atoms with Crippen LogP contribution < -0.4 is 5.32 Å². The lowest BCUT2D eigenvalue weighted by atomic mass is 9.87. The van der Waals surface area contributed by atoms with Gasteiger partial charge >= 0.3 is 0 Å². The van der Waals surface area contributed by atoms with Crippen molar-refractivity contribution in [3.63, 3.8) is 0 Å². The van der Waals surface area contributed by atoms with E-state index in [1.54, 1.807) is 0 Å². The van der Waals surface area contributed by atoms with Crippen LogP contribution in [-0.4, -0.2) is 11.9 Å². The maximum absolute atomic E-state index is 11.7. The molecular weight excluding hydrogens is 188 g/mol. The van der Waals surface area contributed by atoms with Gasteiger partial charge in [0.05, 0.1) is 6.07 Å². The molecule has 0 bridgehead atoms. The second-order valence-corrected chi connectivity index (χ2v) is 5.07. The summed E-state index contributed by atoms with van der Waals surface area (Å²) < 4.78 is 0. The number of rotatable bonds is 4. The van der Waals surface area contributed by atoms with Crippen molar-refractivity contribution < 1.29 is 4.79 Å². The number of carbonyl (C=O) groups excluding carboxylic acids is 1. The molecule has 0 aliphatic heterocycles. The number of carbonyl (C=O) groups is 1. The highest BCUT2D eigenvalue weighted by Crippen LogP contribution is 2.19. The van der Waals surface area contributed by atoms with E-state index in [4.69, 9.17) is 5.26 Å². The zero-order valence-electron chi connectivity index (χ0n) is 10.4. The van der Waals surface area contributed by atoms with Crippen molar-refractivity contribution in [2.24, 2.45) is 11.3 Å².